The number of hydrogen-bond acceptors (Lipinski definition) is 5. The van der Waals surface area contributed by atoms with E-state index >= 15 is 0 Å². The van der Waals surface area contributed by atoms with Gasteiger partial charge in [0.05, 0.1) is 34.6 Å². The number of ether oxygens (including phenoxy) is 1. The number of aromatic nitrogens is 1. The molecule has 0 aliphatic heterocycles. The lowest BCUT2D eigenvalue weighted by Crippen LogP contribution is -1.94. The maximum Gasteiger partial charge on any atom is 0.188 e. The van der Waals surface area contributed by atoms with Gasteiger partial charge in [0.2, 0.25) is 0 Å². The van der Waals surface area contributed by atoms with E-state index in [2.05, 4.69) is 32.3 Å². The van der Waals surface area contributed by atoms with Gasteiger partial charge in [-0.05, 0) is 30.3 Å². The molecule has 0 bridgehead atoms. The van der Waals surface area contributed by atoms with Crippen molar-refractivity contribution in [3.8, 4) is 11.8 Å². The summed E-state index contributed by atoms with van der Waals surface area (Å²) in [5, 5.41) is 12.9. The van der Waals surface area contributed by atoms with Crippen molar-refractivity contribution in [2.45, 2.75) is 0 Å². The van der Waals surface area contributed by atoms with Crippen LogP contribution in [0.5, 0.6) is 5.75 Å². The van der Waals surface area contributed by atoms with E-state index in [0.717, 1.165) is 25.5 Å². The second-order valence-corrected chi connectivity index (χ2v) is 6.23. The van der Waals surface area contributed by atoms with E-state index in [1.807, 2.05) is 24.3 Å². The second kappa shape index (κ2) is 5.72. The summed E-state index contributed by atoms with van der Waals surface area (Å²) >= 11 is 5.02. The molecule has 0 unspecified atom stereocenters. The maximum absolute atomic E-state index is 8.92. The summed E-state index contributed by atoms with van der Waals surface area (Å²) in [6.45, 7) is 0. The van der Waals surface area contributed by atoms with Crippen molar-refractivity contribution in [2.75, 3.05) is 12.4 Å². The number of nitrogens with one attached hydrogen (secondary N) is 1. The van der Waals surface area contributed by atoms with Crippen LogP contribution in [-0.4, -0.2) is 12.1 Å². The molecule has 1 heterocycles. The van der Waals surface area contributed by atoms with Crippen molar-refractivity contribution in [1.29, 1.82) is 5.26 Å². The van der Waals surface area contributed by atoms with Gasteiger partial charge in [0.1, 0.15) is 5.75 Å². The van der Waals surface area contributed by atoms with E-state index in [4.69, 9.17) is 10.00 Å². The number of nitriles is 1. The number of benzene rings is 2. The summed E-state index contributed by atoms with van der Waals surface area (Å²) in [6, 6.07) is 13.3. The van der Waals surface area contributed by atoms with E-state index < -0.39 is 0 Å². The molecule has 0 amide bonds. The van der Waals surface area contributed by atoms with Crippen LogP contribution in [0.4, 0.5) is 10.8 Å². The molecule has 6 heteroatoms. The molecular formula is C15H10BrN3OS. The first-order valence-corrected chi connectivity index (χ1v) is 7.72. The Kier molecular flexibility index (Phi) is 3.78. The average Bonchev–Trinajstić information content (AvgIpc) is 2.89. The van der Waals surface area contributed by atoms with E-state index in [9.17, 15) is 0 Å². The number of methoxy groups -OCH3 is 1. The molecule has 3 aromatic rings. The third-order valence-corrected chi connectivity index (χ3v) is 4.35. The Morgan fingerprint density at radius 2 is 2.14 bits per heavy atom. The molecule has 2 aromatic carbocycles. The molecular weight excluding hydrogens is 350 g/mol. The predicted molar refractivity (Wildman–Crippen MR) is 88.3 cm³/mol. The highest BCUT2D eigenvalue weighted by Gasteiger charge is 2.08. The van der Waals surface area contributed by atoms with Gasteiger partial charge in [-0.2, -0.15) is 5.26 Å². The van der Waals surface area contributed by atoms with Gasteiger partial charge >= 0.3 is 0 Å². The molecule has 3 rings (SSSR count). The molecule has 0 aliphatic carbocycles. The minimum Gasteiger partial charge on any atom is -0.495 e. The molecule has 21 heavy (non-hydrogen) atoms. The predicted octanol–water partition coefficient (Wildman–Crippen LogP) is 4.68. The van der Waals surface area contributed by atoms with Crippen molar-refractivity contribution in [3.05, 3.63) is 46.4 Å². The van der Waals surface area contributed by atoms with Gasteiger partial charge in [0.25, 0.3) is 0 Å². The van der Waals surface area contributed by atoms with Gasteiger partial charge in [0.15, 0.2) is 5.13 Å². The third kappa shape index (κ3) is 2.84. The number of nitrogens with zero attached hydrogens (tertiary/aromatic N) is 2. The first-order chi connectivity index (χ1) is 10.2. The molecule has 0 saturated carbocycles. The largest absolute Gasteiger partial charge is 0.495 e. The SMILES string of the molecule is COc1cc(C#N)ccc1Nc1nc2ccc(Br)cc2s1. The van der Waals surface area contributed by atoms with Gasteiger partial charge in [-0.1, -0.05) is 27.3 Å². The summed E-state index contributed by atoms with van der Waals surface area (Å²) in [6.07, 6.45) is 0. The van der Waals surface area contributed by atoms with Crippen molar-refractivity contribution in [1.82, 2.24) is 4.98 Å². The molecule has 0 atom stereocenters. The number of thiazole rings is 1. The molecule has 0 spiro atoms. The number of rotatable bonds is 3. The van der Waals surface area contributed by atoms with Gasteiger partial charge in [-0.3, -0.25) is 0 Å². The van der Waals surface area contributed by atoms with Crippen molar-refractivity contribution in [3.63, 3.8) is 0 Å². The van der Waals surface area contributed by atoms with Crippen LogP contribution >= 0.6 is 27.3 Å². The van der Waals surface area contributed by atoms with Crippen LogP contribution in [0.25, 0.3) is 10.2 Å². The van der Waals surface area contributed by atoms with Gasteiger partial charge in [-0.25, -0.2) is 4.98 Å². The maximum atomic E-state index is 8.92. The molecule has 0 saturated heterocycles. The quantitative estimate of drug-likeness (QED) is 0.737. The van der Waals surface area contributed by atoms with Crippen molar-refractivity contribution < 1.29 is 4.74 Å². The number of halogens is 1. The fraction of sp³-hybridized carbons (Fsp3) is 0.0667. The Balaban J connectivity index is 1.96. The van der Waals surface area contributed by atoms with Crippen LogP contribution in [0, 0.1) is 11.3 Å². The highest BCUT2D eigenvalue weighted by molar-refractivity contribution is 9.10. The first kappa shape index (κ1) is 13.9. The van der Waals surface area contributed by atoms with E-state index in [1.54, 1.807) is 30.6 Å². The molecule has 1 aromatic heterocycles. The average molecular weight is 360 g/mol. The monoisotopic (exact) mass is 359 g/mol. The second-order valence-electron chi connectivity index (χ2n) is 4.28. The highest BCUT2D eigenvalue weighted by Crippen LogP contribution is 2.33. The minimum atomic E-state index is 0.561. The molecule has 0 aliphatic rings. The lowest BCUT2D eigenvalue weighted by Gasteiger charge is -2.08. The van der Waals surface area contributed by atoms with Crippen LogP contribution in [0.15, 0.2) is 40.9 Å². The molecule has 1 N–H and O–H groups in total. The molecule has 104 valence electrons. The van der Waals surface area contributed by atoms with Crippen molar-refractivity contribution >= 4 is 48.3 Å². The van der Waals surface area contributed by atoms with Crippen LogP contribution in [0.3, 0.4) is 0 Å². The highest BCUT2D eigenvalue weighted by atomic mass is 79.9. The van der Waals surface area contributed by atoms with Crippen LogP contribution in [-0.2, 0) is 0 Å². The van der Waals surface area contributed by atoms with Crippen LogP contribution in [0.1, 0.15) is 5.56 Å². The summed E-state index contributed by atoms with van der Waals surface area (Å²) in [7, 11) is 1.58. The zero-order valence-electron chi connectivity index (χ0n) is 11.1. The zero-order valence-corrected chi connectivity index (χ0v) is 13.5. The Bertz CT molecular complexity index is 854. The lowest BCUT2D eigenvalue weighted by atomic mass is 10.2. The van der Waals surface area contributed by atoms with Gasteiger partial charge in [-0.15, -0.1) is 0 Å². The molecule has 0 radical (unpaired) electrons. The van der Waals surface area contributed by atoms with Crippen LogP contribution < -0.4 is 10.1 Å². The van der Waals surface area contributed by atoms with Gasteiger partial charge < -0.3 is 10.1 Å². The Morgan fingerprint density at radius 3 is 2.90 bits per heavy atom. The van der Waals surface area contributed by atoms with Crippen LogP contribution in [0.2, 0.25) is 0 Å². The number of hydrogen-bond donors (Lipinski definition) is 1. The first-order valence-electron chi connectivity index (χ1n) is 6.11. The standard InChI is InChI=1S/C15H10BrN3OS/c1-20-13-6-9(8-17)2-4-11(13)18-15-19-12-5-3-10(16)7-14(12)21-15/h2-7H,1H3,(H,18,19). The molecule has 0 fully saturated rings. The fourth-order valence-corrected chi connectivity index (χ4v) is 3.36. The Hall–Kier alpha value is -2.10. The third-order valence-electron chi connectivity index (χ3n) is 2.92. The van der Waals surface area contributed by atoms with E-state index in [0.29, 0.717) is 11.3 Å². The van der Waals surface area contributed by atoms with Gasteiger partial charge in [0, 0.05) is 10.5 Å². The number of anilines is 2. The summed E-state index contributed by atoms with van der Waals surface area (Å²) in [4.78, 5) is 4.53. The summed E-state index contributed by atoms with van der Waals surface area (Å²) in [5.41, 5.74) is 2.29. The van der Waals surface area contributed by atoms with Crippen molar-refractivity contribution in [2.24, 2.45) is 0 Å². The normalized spacial score (nSPS) is 10.3. The van der Waals surface area contributed by atoms with E-state index in [-0.39, 0.29) is 0 Å². The zero-order chi connectivity index (χ0) is 14.8. The summed E-state index contributed by atoms with van der Waals surface area (Å²) < 4.78 is 7.43. The topological polar surface area (TPSA) is 57.9 Å². The lowest BCUT2D eigenvalue weighted by molar-refractivity contribution is 0.416. The Labute approximate surface area is 134 Å². The summed E-state index contributed by atoms with van der Waals surface area (Å²) in [5.74, 6) is 0.620. The Morgan fingerprint density at radius 1 is 1.29 bits per heavy atom. The number of fused-ring (bicyclic) bond motifs is 1. The smallest absolute Gasteiger partial charge is 0.188 e. The fourth-order valence-electron chi connectivity index (χ4n) is 1.93. The van der Waals surface area contributed by atoms with E-state index in [1.165, 1.54) is 0 Å². The minimum absolute atomic E-state index is 0.561. The molecule has 4 nitrogen and oxygen atoms in total.